The molecule has 0 saturated heterocycles. The summed E-state index contributed by atoms with van der Waals surface area (Å²) in [6.45, 7) is 0. The van der Waals surface area contributed by atoms with Gasteiger partial charge in [-0.05, 0) is 12.8 Å². The van der Waals surface area contributed by atoms with E-state index >= 15 is 0 Å². The number of aromatic amines is 1. The van der Waals surface area contributed by atoms with E-state index in [9.17, 15) is 8.42 Å². The maximum absolute atomic E-state index is 11.3. The molecule has 5 nitrogen and oxygen atoms in total. The Morgan fingerprint density at radius 1 is 1.58 bits per heavy atom. The normalized spacial score (nSPS) is 17.7. The Labute approximate surface area is 70.2 Å². The van der Waals surface area contributed by atoms with Crippen LogP contribution in [0.5, 0.6) is 0 Å². The van der Waals surface area contributed by atoms with Crippen molar-refractivity contribution in [2.45, 2.75) is 18.1 Å². The van der Waals surface area contributed by atoms with Gasteiger partial charge in [0.2, 0.25) is 10.0 Å². The summed E-state index contributed by atoms with van der Waals surface area (Å²) in [5.41, 5.74) is 0.502. The molecule has 1 heterocycles. The number of nitrogens with one attached hydrogen (secondary N) is 2. The van der Waals surface area contributed by atoms with Gasteiger partial charge in [-0.15, -0.1) is 0 Å². The molecule has 0 radical (unpaired) electrons. The van der Waals surface area contributed by atoms with Gasteiger partial charge in [-0.25, -0.2) is 8.42 Å². The second-order valence-corrected chi connectivity index (χ2v) is 4.79. The van der Waals surface area contributed by atoms with Gasteiger partial charge in [-0.3, -0.25) is 9.82 Å². The van der Waals surface area contributed by atoms with Crippen LogP contribution in [-0.2, 0) is 10.0 Å². The molecule has 1 aromatic rings. The van der Waals surface area contributed by atoms with Gasteiger partial charge in [0.25, 0.3) is 0 Å². The molecule has 12 heavy (non-hydrogen) atoms. The Balaban J connectivity index is 2.12. The Morgan fingerprint density at radius 3 is 2.83 bits per heavy atom. The molecule has 1 fully saturated rings. The van der Waals surface area contributed by atoms with E-state index in [4.69, 9.17) is 0 Å². The topological polar surface area (TPSA) is 74.8 Å². The highest BCUT2D eigenvalue weighted by atomic mass is 32.2. The van der Waals surface area contributed by atoms with E-state index in [0.717, 1.165) is 12.8 Å². The summed E-state index contributed by atoms with van der Waals surface area (Å²) in [5, 5.41) is 5.98. The molecule has 0 atom stereocenters. The highest BCUT2D eigenvalue weighted by Crippen LogP contribution is 2.29. The quantitative estimate of drug-likeness (QED) is 0.715. The first-order valence-electron chi connectivity index (χ1n) is 3.69. The molecule has 0 spiro atoms. The average Bonchev–Trinajstić information content (AvgIpc) is 2.74. The van der Waals surface area contributed by atoms with Crippen molar-refractivity contribution < 1.29 is 8.42 Å². The zero-order valence-electron chi connectivity index (χ0n) is 6.32. The molecule has 1 aromatic heterocycles. The molecule has 66 valence electrons. The van der Waals surface area contributed by atoms with Crippen LogP contribution in [0, 0.1) is 0 Å². The minimum atomic E-state index is -3.12. The Bertz CT molecular complexity index is 352. The number of sulfonamides is 1. The SMILES string of the molecule is O=S(=O)(Nc1cn[nH]c1)C1CC1. The lowest BCUT2D eigenvalue weighted by Crippen LogP contribution is -2.16. The molecule has 1 aliphatic carbocycles. The van der Waals surface area contributed by atoms with Gasteiger partial charge in [-0.1, -0.05) is 0 Å². The lowest BCUT2D eigenvalue weighted by atomic mass is 10.6. The third-order valence-corrected chi connectivity index (χ3v) is 3.59. The predicted molar refractivity (Wildman–Crippen MR) is 44.2 cm³/mol. The van der Waals surface area contributed by atoms with Crippen molar-refractivity contribution in [2.75, 3.05) is 4.72 Å². The van der Waals surface area contributed by atoms with E-state index in [1.165, 1.54) is 12.4 Å². The van der Waals surface area contributed by atoms with Crippen molar-refractivity contribution in [3.63, 3.8) is 0 Å². The summed E-state index contributed by atoms with van der Waals surface area (Å²) in [4.78, 5) is 0. The molecular weight excluding hydrogens is 178 g/mol. The molecular formula is C6H9N3O2S. The highest BCUT2D eigenvalue weighted by molar-refractivity contribution is 7.93. The van der Waals surface area contributed by atoms with Gasteiger partial charge in [0, 0.05) is 6.20 Å². The van der Waals surface area contributed by atoms with Crippen molar-refractivity contribution in [3.8, 4) is 0 Å². The molecule has 2 N–H and O–H groups in total. The van der Waals surface area contributed by atoms with Crippen LogP contribution in [0.4, 0.5) is 5.69 Å². The minimum absolute atomic E-state index is 0.188. The predicted octanol–water partition coefficient (Wildman–Crippen LogP) is 0.314. The van der Waals surface area contributed by atoms with E-state index in [1.54, 1.807) is 0 Å². The lowest BCUT2D eigenvalue weighted by Gasteiger charge is -2.01. The number of hydrogen-bond acceptors (Lipinski definition) is 3. The first kappa shape index (κ1) is 7.60. The molecule has 1 aliphatic rings. The monoisotopic (exact) mass is 187 g/mol. The maximum atomic E-state index is 11.3. The van der Waals surface area contributed by atoms with Crippen LogP contribution in [0.3, 0.4) is 0 Å². The Kier molecular flexibility index (Phi) is 1.57. The average molecular weight is 187 g/mol. The fourth-order valence-corrected chi connectivity index (χ4v) is 2.30. The van der Waals surface area contributed by atoms with Crippen LogP contribution in [-0.4, -0.2) is 23.9 Å². The molecule has 0 aliphatic heterocycles. The summed E-state index contributed by atoms with van der Waals surface area (Å²) >= 11 is 0. The zero-order valence-corrected chi connectivity index (χ0v) is 7.13. The summed E-state index contributed by atoms with van der Waals surface area (Å²) in [5.74, 6) is 0. The summed E-state index contributed by atoms with van der Waals surface area (Å²) in [6.07, 6.45) is 4.50. The maximum Gasteiger partial charge on any atom is 0.235 e. The van der Waals surface area contributed by atoms with Gasteiger partial charge in [0.05, 0.1) is 17.1 Å². The van der Waals surface area contributed by atoms with Crippen molar-refractivity contribution >= 4 is 15.7 Å². The molecule has 1 saturated carbocycles. The molecule has 6 heteroatoms. The molecule has 0 unspecified atom stereocenters. The molecule has 0 amide bonds. The van der Waals surface area contributed by atoms with Gasteiger partial charge >= 0.3 is 0 Å². The standard InChI is InChI=1S/C6H9N3O2S/c10-12(11,6-1-2-6)9-5-3-7-8-4-5/h3-4,6,9H,1-2H2,(H,7,8). The largest absolute Gasteiger partial charge is 0.284 e. The second-order valence-electron chi connectivity index (χ2n) is 2.83. The summed E-state index contributed by atoms with van der Waals surface area (Å²) in [7, 11) is -3.12. The smallest absolute Gasteiger partial charge is 0.235 e. The molecule has 0 aromatic carbocycles. The Morgan fingerprint density at radius 2 is 2.33 bits per heavy atom. The van der Waals surface area contributed by atoms with Crippen molar-refractivity contribution in [1.82, 2.24) is 10.2 Å². The summed E-state index contributed by atoms with van der Waals surface area (Å²) < 4.78 is 25.1. The van der Waals surface area contributed by atoms with Crippen molar-refractivity contribution in [3.05, 3.63) is 12.4 Å². The van der Waals surface area contributed by atoms with Gasteiger partial charge < -0.3 is 0 Å². The van der Waals surface area contributed by atoms with Crippen LogP contribution in [0.2, 0.25) is 0 Å². The fraction of sp³-hybridized carbons (Fsp3) is 0.500. The van der Waals surface area contributed by atoms with Crippen LogP contribution in [0.1, 0.15) is 12.8 Å². The number of anilines is 1. The molecule has 0 bridgehead atoms. The third-order valence-electron chi connectivity index (χ3n) is 1.72. The van der Waals surface area contributed by atoms with Crippen LogP contribution in [0.25, 0.3) is 0 Å². The third kappa shape index (κ3) is 1.42. The van der Waals surface area contributed by atoms with Gasteiger partial charge in [-0.2, -0.15) is 5.10 Å². The van der Waals surface area contributed by atoms with E-state index in [2.05, 4.69) is 14.9 Å². The van der Waals surface area contributed by atoms with Gasteiger partial charge in [0.1, 0.15) is 0 Å². The Hall–Kier alpha value is -1.04. The van der Waals surface area contributed by atoms with Crippen LogP contribution in [0.15, 0.2) is 12.4 Å². The van der Waals surface area contributed by atoms with Gasteiger partial charge in [0.15, 0.2) is 0 Å². The number of rotatable bonds is 3. The number of H-pyrrole nitrogens is 1. The number of aromatic nitrogens is 2. The molecule has 2 rings (SSSR count). The van der Waals surface area contributed by atoms with Crippen molar-refractivity contribution in [2.24, 2.45) is 0 Å². The lowest BCUT2D eigenvalue weighted by molar-refractivity contribution is 0.600. The first-order valence-corrected chi connectivity index (χ1v) is 5.23. The van der Waals surface area contributed by atoms with E-state index in [0.29, 0.717) is 5.69 Å². The fourth-order valence-electron chi connectivity index (χ4n) is 0.933. The number of nitrogens with zero attached hydrogens (tertiary/aromatic N) is 1. The van der Waals surface area contributed by atoms with E-state index in [1.807, 2.05) is 0 Å². The van der Waals surface area contributed by atoms with E-state index < -0.39 is 10.0 Å². The van der Waals surface area contributed by atoms with E-state index in [-0.39, 0.29) is 5.25 Å². The van der Waals surface area contributed by atoms with Crippen LogP contribution >= 0.6 is 0 Å². The summed E-state index contributed by atoms with van der Waals surface area (Å²) in [6, 6.07) is 0. The minimum Gasteiger partial charge on any atom is -0.284 e. The van der Waals surface area contributed by atoms with Crippen LogP contribution < -0.4 is 4.72 Å². The number of hydrogen-bond donors (Lipinski definition) is 2. The second kappa shape index (κ2) is 2.48. The first-order chi connectivity index (χ1) is 5.68. The highest BCUT2D eigenvalue weighted by Gasteiger charge is 2.35. The van der Waals surface area contributed by atoms with Crippen molar-refractivity contribution in [1.29, 1.82) is 0 Å². The zero-order chi connectivity index (χ0) is 8.60.